The smallest absolute Gasteiger partial charge is 0.412 e. The van der Waals surface area contributed by atoms with Crippen molar-refractivity contribution in [3.8, 4) is 0 Å². The van der Waals surface area contributed by atoms with Gasteiger partial charge in [-0.1, -0.05) is 27.7 Å². The Balaban J connectivity index is 2.42. The highest BCUT2D eigenvalue weighted by molar-refractivity contribution is 6.74. The molecule has 146 valence electrons. The van der Waals surface area contributed by atoms with Gasteiger partial charge in [-0.15, -0.1) is 0 Å². The predicted octanol–water partition coefficient (Wildman–Crippen LogP) is 3.15. The van der Waals surface area contributed by atoms with Crippen molar-refractivity contribution in [3.05, 3.63) is 18.5 Å². The van der Waals surface area contributed by atoms with Gasteiger partial charge in [0.2, 0.25) is 0 Å². The zero-order chi connectivity index (χ0) is 19.7. The average Bonchev–Trinajstić information content (AvgIpc) is 2.51. The van der Waals surface area contributed by atoms with Gasteiger partial charge in [-0.3, -0.25) is 9.88 Å². The Morgan fingerprint density at radius 2 is 2.08 bits per heavy atom. The molecule has 1 saturated heterocycles. The Hall–Kier alpha value is -1.64. The molecular formula is C18H32N4O3Si. The molecule has 1 fully saturated rings. The summed E-state index contributed by atoms with van der Waals surface area (Å²) in [5.41, 5.74) is 6.82. The lowest BCUT2D eigenvalue weighted by atomic mass is 9.92. The first-order chi connectivity index (χ1) is 12.0. The van der Waals surface area contributed by atoms with Gasteiger partial charge in [0.05, 0.1) is 29.7 Å². The van der Waals surface area contributed by atoms with E-state index in [9.17, 15) is 9.90 Å². The van der Waals surface area contributed by atoms with Gasteiger partial charge in [-0.2, -0.15) is 0 Å². The third kappa shape index (κ3) is 4.19. The van der Waals surface area contributed by atoms with Crippen LogP contribution in [0, 0.1) is 5.92 Å². The summed E-state index contributed by atoms with van der Waals surface area (Å²) in [6.07, 6.45) is 1.81. The molecule has 2 rings (SSSR count). The lowest BCUT2D eigenvalue weighted by Gasteiger charge is -2.47. The highest BCUT2D eigenvalue weighted by Gasteiger charge is 2.45. The second-order valence-electron chi connectivity index (χ2n) is 8.63. The Labute approximate surface area is 157 Å². The van der Waals surface area contributed by atoms with E-state index >= 15 is 0 Å². The molecule has 3 atom stereocenters. The molecule has 0 aromatic carbocycles. The van der Waals surface area contributed by atoms with Gasteiger partial charge in [-0.25, -0.2) is 4.79 Å². The molecule has 0 bridgehead atoms. The minimum atomic E-state index is -2.06. The number of nitrogens with two attached hydrogens (primary N) is 1. The van der Waals surface area contributed by atoms with Crippen molar-refractivity contribution in [2.75, 3.05) is 23.7 Å². The van der Waals surface area contributed by atoms with Crippen LogP contribution in [0.15, 0.2) is 18.5 Å². The zero-order valence-corrected chi connectivity index (χ0v) is 17.6. The number of nitrogens with zero attached hydrogens (tertiary/aromatic N) is 2. The van der Waals surface area contributed by atoms with Gasteiger partial charge in [0.1, 0.15) is 0 Å². The number of pyridine rings is 1. The van der Waals surface area contributed by atoms with Gasteiger partial charge in [0.15, 0.2) is 8.32 Å². The van der Waals surface area contributed by atoms with Crippen LogP contribution in [0.25, 0.3) is 0 Å². The number of amides is 1. The Morgan fingerprint density at radius 1 is 1.42 bits per heavy atom. The number of hydrogen-bond acceptors (Lipinski definition) is 5. The van der Waals surface area contributed by atoms with E-state index in [1.165, 1.54) is 11.1 Å². The van der Waals surface area contributed by atoms with Gasteiger partial charge in [-0.05, 0) is 30.1 Å². The molecule has 3 unspecified atom stereocenters. The van der Waals surface area contributed by atoms with E-state index in [1.54, 1.807) is 12.3 Å². The molecule has 7 nitrogen and oxygen atoms in total. The van der Waals surface area contributed by atoms with E-state index < -0.39 is 14.4 Å². The molecule has 1 amide bonds. The summed E-state index contributed by atoms with van der Waals surface area (Å²) in [5, 5.41) is 13.3. The quantitative estimate of drug-likeness (QED) is 0.694. The fourth-order valence-corrected chi connectivity index (χ4v) is 4.49. The fraction of sp³-hybridized carbons (Fsp3) is 0.667. The molecule has 0 saturated carbocycles. The van der Waals surface area contributed by atoms with Crippen molar-refractivity contribution in [1.29, 1.82) is 0 Å². The molecule has 8 heteroatoms. The zero-order valence-electron chi connectivity index (χ0n) is 16.6. The van der Waals surface area contributed by atoms with E-state index in [2.05, 4.69) is 51.1 Å². The number of carbonyl (C=O) groups is 1. The first-order valence-electron chi connectivity index (χ1n) is 9.06. The Kier molecular flexibility index (Phi) is 5.99. The molecule has 4 N–H and O–H groups in total. The topological polar surface area (TPSA) is 101 Å². The van der Waals surface area contributed by atoms with Gasteiger partial charge in [0, 0.05) is 19.3 Å². The second kappa shape index (κ2) is 7.54. The van der Waals surface area contributed by atoms with Gasteiger partial charge >= 0.3 is 6.09 Å². The monoisotopic (exact) mass is 380 g/mol. The van der Waals surface area contributed by atoms with E-state index in [-0.39, 0.29) is 23.1 Å². The van der Waals surface area contributed by atoms with Crippen LogP contribution in [0.4, 0.5) is 16.2 Å². The maximum absolute atomic E-state index is 12.1. The third-order valence-corrected chi connectivity index (χ3v) is 10.1. The molecule has 1 aliphatic heterocycles. The lowest BCUT2D eigenvalue weighted by molar-refractivity contribution is 0.0740. The van der Waals surface area contributed by atoms with Crippen LogP contribution in [0.5, 0.6) is 0 Å². The van der Waals surface area contributed by atoms with E-state index in [0.717, 1.165) is 6.54 Å². The number of aromatic nitrogens is 1. The normalized spacial score (nSPS) is 24.3. The SMILES string of the molecule is CC1CNCC(N(C(=O)O)c2ccncc2N)C1O[Si](C)(C)C(C)(C)C. The predicted molar refractivity (Wildman–Crippen MR) is 107 cm³/mol. The van der Waals surface area contributed by atoms with Crippen LogP contribution < -0.4 is 16.0 Å². The standard InChI is InChI=1S/C18H32N4O3Si/c1-12-9-21-11-15(16(12)25-26(5,6)18(2,3)4)22(17(23)24)14-7-8-20-10-13(14)19/h7-8,10,12,15-16,21H,9,11,19H2,1-6H3,(H,23,24). The van der Waals surface area contributed by atoms with Gasteiger partial charge < -0.3 is 20.6 Å². The van der Waals surface area contributed by atoms with E-state index in [1.807, 2.05) is 0 Å². The van der Waals surface area contributed by atoms with Crippen molar-refractivity contribution < 1.29 is 14.3 Å². The molecule has 2 heterocycles. The van der Waals surface area contributed by atoms with Crippen LogP contribution in [0.3, 0.4) is 0 Å². The molecule has 0 radical (unpaired) electrons. The number of piperidine rings is 1. The van der Waals surface area contributed by atoms with Crippen LogP contribution in [0.2, 0.25) is 18.1 Å². The first-order valence-corrected chi connectivity index (χ1v) is 12.0. The fourth-order valence-electron chi connectivity index (χ4n) is 3.06. The third-order valence-electron chi connectivity index (χ3n) is 5.62. The average molecular weight is 381 g/mol. The summed E-state index contributed by atoms with van der Waals surface area (Å²) in [6, 6.07) is 1.29. The molecule has 26 heavy (non-hydrogen) atoms. The number of nitrogen functional groups attached to an aromatic ring is 1. The van der Waals surface area contributed by atoms with Crippen molar-refractivity contribution in [1.82, 2.24) is 10.3 Å². The van der Waals surface area contributed by atoms with Crippen molar-refractivity contribution >= 4 is 25.8 Å². The van der Waals surface area contributed by atoms with Crippen LogP contribution in [-0.2, 0) is 4.43 Å². The summed E-state index contributed by atoms with van der Waals surface area (Å²) in [4.78, 5) is 17.5. The minimum Gasteiger partial charge on any atom is -0.465 e. The molecule has 0 spiro atoms. The Bertz CT molecular complexity index is 648. The first kappa shape index (κ1) is 20.7. The largest absolute Gasteiger partial charge is 0.465 e. The number of carboxylic acid groups (broad SMARTS) is 1. The van der Waals surface area contributed by atoms with Crippen LogP contribution in [0.1, 0.15) is 27.7 Å². The highest BCUT2D eigenvalue weighted by Crippen LogP contribution is 2.40. The molecule has 1 aliphatic rings. The molecule has 1 aromatic heterocycles. The minimum absolute atomic E-state index is 0.0475. The highest BCUT2D eigenvalue weighted by atomic mass is 28.4. The lowest BCUT2D eigenvalue weighted by Crippen LogP contribution is -2.62. The van der Waals surface area contributed by atoms with Crippen molar-refractivity contribution in [2.45, 2.75) is 58.0 Å². The molecule has 0 aliphatic carbocycles. The van der Waals surface area contributed by atoms with Crippen molar-refractivity contribution in [2.24, 2.45) is 5.92 Å². The van der Waals surface area contributed by atoms with E-state index in [4.69, 9.17) is 10.2 Å². The second-order valence-corrected chi connectivity index (χ2v) is 13.4. The van der Waals surface area contributed by atoms with Crippen molar-refractivity contribution in [3.63, 3.8) is 0 Å². The Morgan fingerprint density at radius 3 is 2.62 bits per heavy atom. The number of nitrogens with one attached hydrogen (secondary N) is 1. The summed E-state index contributed by atoms with van der Waals surface area (Å²) in [7, 11) is -2.06. The number of hydrogen-bond donors (Lipinski definition) is 3. The van der Waals surface area contributed by atoms with Gasteiger partial charge in [0.25, 0.3) is 0 Å². The molecule has 1 aromatic rings. The van der Waals surface area contributed by atoms with E-state index in [0.29, 0.717) is 17.9 Å². The van der Waals surface area contributed by atoms with Crippen LogP contribution in [-0.4, -0.2) is 49.7 Å². The maximum Gasteiger partial charge on any atom is 0.412 e. The summed E-state index contributed by atoms with van der Waals surface area (Å²) >= 11 is 0. The summed E-state index contributed by atoms with van der Waals surface area (Å²) in [5.74, 6) is 0.188. The van der Waals surface area contributed by atoms with Crippen LogP contribution >= 0.6 is 0 Å². The number of anilines is 2. The summed E-state index contributed by atoms with van der Waals surface area (Å²) < 4.78 is 6.70. The maximum atomic E-state index is 12.1. The molecular weight excluding hydrogens is 348 g/mol. The number of rotatable bonds is 4. The summed E-state index contributed by atoms with van der Waals surface area (Å²) in [6.45, 7) is 14.4.